The van der Waals surface area contributed by atoms with Gasteiger partial charge in [-0.1, -0.05) is 19.3 Å². The molecule has 0 amide bonds. The molecule has 22 heavy (non-hydrogen) atoms. The first-order valence-electron chi connectivity index (χ1n) is 7.69. The maximum atomic E-state index is 14.6. The summed E-state index contributed by atoms with van der Waals surface area (Å²) in [4.78, 5) is 11.9. The van der Waals surface area contributed by atoms with E-state index in [1.807, 2.05) is 13.8 Å². The average Bonchev–Trinajstić information content (AvgIpc) is 2.47. The molecule has 1 N–H and O–H groups in total. The summed E-state index contributed by atoms with van der Waals surface area (Å²) in [7, 11) is 1.47. The van der Waals surface area contributed by atoms with E-state index in [-0.39, 0.29) is 11.7 Å². The molecular formula is C17H23FO4. The first kappa shape index (κ1) is 16.6. The molecule has 122 valence electrons. The van der Waals surface area contributed by atoms with Crippen LogP contribution in [0.3, 0.4) is 0 Å². The zero-order valence-electron chi connectivity index (χ0n) is 13.3. The summed E-state index contributed by atoms with van der Waals surface area (Å²) in [5.41, 5.74) is -0.959. The van der Waals surface area contributed by atoms with Crippen LogP contribution < -0.4 is 9.47 Å². The highest BCUT2D eigenvalue weighted by Gasteiger charge is 2.43. The zero-order valence-corrected chi connectivity index (χ0v) is 13.3. The Morgan fingerprint density at radius 2 is 1.86 bits per heavy atom. The van der Waals surface area contributed by atoms with Crippen molar-refractivity contribution in [3.05, 3.63) is 23.5 Å². The highest BCUT2D eigenvalue weighted by Crippen LogP contribution is 2.44. The molecule has 0 aromatic heterocycles. The Labute approximate surface area is 130 Å². The summed E-state index contributed by atoms with van der Waals surface area (Å²) in [6.07, 6.45) is 3.35. The molecule has 0 aliphatic heterocycles. The summed E-state index contributed by atoms with van der Waals surface area (Å²) in [6, 6.07) is 2.74. The van der Waals surface area contributed by atoms with Crippen LogP contribution in [0.15, 0.2) is 12.1 Å². The van der Waals surface area contributed by atoms with Crippen LogP contribution in [0, 0.1) is 5.82 Å². The molecule has 1 fully saturated rings. The van der Waals surface area contributed by atoms with Crippen molar-refractivity contribution in [3.63, 3.8) is 0 Å². The fraction of sp³-hybridized carbons (Fsp3) is 0.588. The van der Waals surface area contributed by atoms with Gasteiger partial charge in [-0.25, -0.2) is 4.39 Å². The average molecular weight is 310 g/mol. The molecular weight excluding hydrogens is 287 g/mol. The number of ether oxygens (including phenoxy) is 2. The Bertz CT molecular complexity index is 548. The number of hydrogen-bond donors (Lipinski definition) is 1. The fourth-order valence-electron chi connectivity index (χ4n) is 3.16. The summed E-state index contributed by atoms with van der Waals surface area (Å²) >= 11 is 0. The number of carboxylic acid groups (broad SMARTS) is 1. The number of hydrogen-bond acceptors (Lipinski definition) is 3. The molecule has 0 saturated heterocycles. The second-order valence-electron chi connectivity index (χ2n) is 6.10. The van der Waals surface area contributed by atoms with Crippen LogP contribution in [0.25, 0.3) is 0 Å². The van der Waals surface area contributed by atoms with E-state index in [1.165, 1.54) is 19.2 Å². The largest absolute Gasteiger partial charge is 0.493 e. The van der Waals surface area contributed by atoms with Crippen LogP contribution in [-0.4, -0.2) is 24.3 Å². The van der Waals surface area contributed by atoms with Crippen molar-refractivity contribution in [1.82, 2.24) is 0 Å². The van der Waals surface area contributed by atoms with Crippen molar-refractivity contribution in [3.8, 4) is 11.5 Å². The van der Waals surface area contributed by atoms with Gasteiger partial charge in [-0.05, 0) is 32.8 Å². The number of benzene rings is 1. The lowest BCUT2D eigenvalue weighted by molar-refractivity contribution is -0.145. The minimum Gasteiger partial charge on any atom is -0.493 e. The standard InChI is InChI=1S/C17H23FO4/c1-11(2)22-15-10-13(18)12(9-14(15)21-3)17(16(19)20)7-5-4-6-8-17/h9-11H,4-8H2,1-3H3,(H,19,20). The van der Waals surface area contributed by atoms with Gasteiger partial charge in [-0.3, -0.25) is 4.79 Å². The maximum Gasteiger partial charge on any atom is 0.314 e. The van der Waals surface area contributed by atoms with Gasteiger partial charge in [-0.2, -0.15) is 0 Å². The van der Waals surface area contributed by atoms with Crippen molar-refractivity contribution in [2.45, 2.75) is 57.5 Å². The molecule has 1 saturated carbocycles. The molecule has 1 aliphatic rings. The van der Waals surface area contributed by atoms with Gasteiger partial charge in [0, 0.05) is 11.6 Å². The lowest BCUT2D eigenvalue weighted by atomic mass is 9.69. The van der Waals surface area contributed by atoms with Gasteiger partial charge < -0.3 is 14.6 Å². The number of halogens is 1. The molecule has 1 aromatic carbocycles. The van der Waals surface area contributed by atoms with Crippen LogP contribution >= 0.6 is 0 Å². The van der Waals surface area contributed by atoms with Crippen LogP contribution in [0.4, 0.5) is 4.39 Å². The van der Waals surface area contributed by atoms with Gasteiger partial charge in [0.1, 0.15) is 5.82 Å². The van der Waals surface area contributed by atoms with E-state index in [0.29, 0.717) is 24.3 Å². The Balaban J connectivity index is 2.52. The van der Waals surface area contributed by atoms with Crippen molar-refractivity contribution in [2.24, 2.45) is 0 Å². The number of carbonyl (C=O) groups is 1. The third kappa shape index (κ3) is 3.03. The first-order chi connectivity index (χ1) is 10.4. The van der Waals surface area contributed by atoms with Gasteiger partial charge in [-0.15, -0.1) is 0 Å². The lowest BCUT2D eigenvalue weighted by Gasteiger charge is -2.34. The van der Waals surface area contributed by atoms with E-state index in [0.717, 1.165) is 19.3 Å². The van der Waals surface area contributed by atoms with Crippen LogP contribution in [-0.2, 0) is 10.2 Å². The van der Waals surface area contributed by atoms with E-state index in [9.17, 15) is 14.3 Å². The third-order valence-electron chi connectivity index (χ3n) is 4.25. The minimum atomic E-state index is -1.16. The molecule has 0 spiro atoms. The minimum absolute atomic E-state index is 0.123. The molecule has 1 aromatic rings. The van der Waals surface area contributed by atoms with Crippen molar-refractivity contribution in [2.75, 3.05) is 7.11 Å². The van der Waals surface area contributed by atoms with Gasteiger partial charge in [0.15, 0.2) is 11.5 Å². The summed E-state index contributed by atoms with van der Waals surface area (Å²) < 4.78 is 25.4. The Morgan fingerprint density at radius 3 is 2.36 bits per heavy atom. The van der Waals surface area contributed by atoms with E-state index in [4.69, 9.17) is 9.47 Å². The Hall–Kier alpha value is -1.78. The first-order valence-corrected chi connectivity index (χ1v) is 7.69. The fourth-order valence-corrected chi connectivity index (χ4v) is 3.16. The van der Waals surface area contributed by atoms with Crippen LogP contribution in [0.1, 0.15) is 51.5 Å². The lowest BCUT2D eigenvalue weighted by Crippen LogP contribution is -2.38. The van der Waals surface area contributed by atoms with E-state index >= 15 is 0 Å². The normalized spacial score (nSPS) is 17.3. The summed E-state index contributed by atoms with van der Waals surface area (Å²) in [5, 5.41) is 9.71. The van der Waals surface area contributed by atoms with E-state index in [2.05, 4.69) is 0 Å². The summed E-state index contributed by atoms with van der Waals surface area (Å²) in [6.45, 7) is 3.68. The predicted molar refractivity (Wildman–Crippen MR) is 81.1 cm³/mol. The van der Waals surface area contributed by atoms with Crippen LogP contribution in [0.2, 0.25) is 0 Å². The van der Waals surface area contributed by atoms with Gasteiger partial charge in [0.05, 0.1) is 18.6 Å². The van der Waals surface area contributed by atoms with E-state index in [1.54, 1.807) is 0 Å². The predicted octanol–water partition coefficient (Wildman–Crippen LogP) is 3.91. The molecule has 0 bridgehead atoms. The third-order valence-corrected chi connectivity index (χ3v) is 4.25. The maximum absolute atomic E-state index is 14.6. The number of rotatable bonds is 5. The Morgan fingerprint density at radius 1 is 1.23 bits per heavy atom. The number of aliphatic carboxylic acids is 1. The molecule has 2 rings (SSSR count). The molecule has 0 radical (unpaired) electrons. The molecule has 4 nitrogen and oxygen atoms in total. The highest BCUT2D eigenvalue weighted by atomic mass is 19.1. The Kier molecular flexibility index (Phi) is 4.94. The van der Waals surface area contributed by atoms with Crippen molar-refractivity contribution >= 4 is 5.97 Å². The molecule has 0 heterocycles. The quantitative estimate of drug-likeness (QED) is 0.896. The number of carboxylic acids is 1. The molecule has 5 heteroatoms. The SMILES string of the molecule is COc1cc(C2(C(=O)O)CCCCC2)c(F)cc1OC(C)C. The second-order valence-corrected chi connectivity index (χ2v) is 6.10. The number of methoxy groups -OCH3 is 1. The zero-order chi connectivity index (χ0) is 16.3. The molecule has 0 atom stereocenters. The van der Waals surface area contributed by atoms with Crippen LogP contribution in [0.5, 0.6) is 11.5 Å². The molecule has 0 unspecified atom stereocenters. The van der Waals surface area contributed by atoms with Gasteiger partial charge >= 0.3 is 5.97 Å². The van der Waals surface area contributed by atoms with E-state index < -0.39 is 17.2 Å². The van der Waals surface area contributed by atoms with Gasteiger partial charge in [0.2, 0.25) is 0 Å². The topological polar surface area (TPSA) is 55.8 Å². The van der Waals surface area contributed by atoms with Crippen molar-refractivity contribution < 1.29 is 23.8 Å². The summed E-state index contributed by atoms with van der Waals surface area (Å²) in [5.74, 6) is -0.835. The highest BCUT2D eigenvalue weighted by molar-refractivity contribution is 5.82. The second kappa shape index (κ2) is 6.55. The smallest absolute Gasteiger partial charge is 0.314 e. The molecule has 1 aliphatic carbocycles. The van der Waals surface area contributed by atoms with Crippen molar-refractivity contribution in [1.29, 1.82) is 0 Å². The monoisotopic (exact) mass is 310 g/mol. The van der Waals surface area contributed by atoms with Gasteiger partial charge in [0.25, 0.3) is 0 Å².